The molecule has 1 fully saturated rings. The van der Waals surface area contributed by atoms with Crippen molar-refractivity contribution in [3.8, 4) is 0 Å². The van der Waals surface area contributed by atoms with Gasteiger partial charge in [0.2, 0.25) is 5.91 Å². The van der Waals surface area contributed by atoms with Gasteiger partial charge in [0.15, 0.2) is 0 Å². The molecule has 0 saturated carbocycles. The number of halogens is 1. The zero-order chi connectivity index (χ0) is 20.1. The van der Waals surface area contributed by atoms with Crippen LogP contribution in [0.2, 0.25) is 0 Å². The fraction of sp³-hybridized carbons (Fsp3) is 0.391. The van der Waals surface area contributed by atoms with Crippen molar-refractivity contribution in [3.63, 3.8) is 0 Å². The molecule has 1 saturated heterocycles. The number of piperazine rings is 1. The van der Waals surface area contributed by atoms with Crippen molar-refractivity contribution in [3.05, 3.63) is 65.5 Å². The highest BCUT2D eigenvalue weighted by Gasteiger charge is 2.17. The molecule has 2 heterocycles. The summed E-state index contributed by atoms with van der Waals surface area (Å²) in [6, 6.07) is 15.3. The summed E-state index contributed by atoms with van der Waals surface area (Å²) in [6.45, 7) is 5.15. The highest BCUT2D eigenvalue weighted by Crippen LogP contribution is 2.17. The van der Waals surface area contributed by atoms with Gasteiger partial charge in [-0.15, -0.1) is 0 Å². The van der Waals surface area contributed by atoms with Crippen LogP contribution in [-0.2, 0) is 11.2 Å². The fourth-order valence-electron chi connectivity index (χ4n) is 3.93. The molecular formula is C23H27FN4O. The van der Waals surface area contributed by atoms with Gasteiger partial charge in [-0.2, -0.15) is 5.10 Å². The van der Waals surface area contributed by atoms with Crippen molar-refractivity contribution >= 4 is 17.3 Å². The average Bonchev–Trinajstić information content (AvgIpc) is 2.76. The Morgan fingerprint density at radius 3 is 2.31 bits per heavy atom. The second-order valence-electron chi connectivity index (χ2n) is 7.70. The Bertz CT molecular complexity index is 855. The molecule has 152 valence electrons. The Balaban J connectivity index is 1.20. The standard InChI is InChI=1S/C23H27FN4O/c24-20-7-9-21(10-8-20)28-16-14-27(15-17-28)13-1-2-18-3-5-19(6-4-18)22-11-12-23(29)26-25-22/h3-10H,1-2,11-17H2,(H,26,29). The molecule has 0 aromatic heterocycles. The van der Waals surface area contributed by atoms with Gasteiger partial charge < -0.3 is 4.90 Å². The van der Waals surface area contributed by atoms with E-state index < -0.39 is 0 Å². The molecular weight excluding hydrogens is 367 g/mol. The summed E-state index contributed by atoms with van der Waals surface area (Å²) in [7, 11) is 0. The molecule has 1 amide bonds. The molecule has 0 bridgehead atoms. The third-order valence-electron chi connectivity index (χ3n) is 5.70. The monoisotopic (exact) mass is 394 g/mol. The normalized spacial score (nSPS) is 17.8. The number of carbonyl (C=O) groups is 1. The van der Waals surface area contributed by atoms with E-state index in [9.17, 15) is 9.18 Å². The van der Waals surface area contributed by atoms with Crippen LogP contribution >= 0.6 is 0 Å². The molecule has 2 aromatic rings. The van der Waals surface area contributed by atoms with Crippen LogP contribution in [0.4, 0.5) is 10.1 Å². The van der Waals surface area contributed by atoms with Crippen molar-refractivity contribution in [1.29, 1.82) is 0 Å². The van der Waals surface area contributed by atoms with Crippen LogP contribution in [0.25, 0.3) is 0 Å². The zero-order valence-corrected chi connectivity index (χ0v) is 16.6. The largest absolute Gasteiger partial charge is 0.369 e. The van der Waals surface area contributed by atoms with Crippen LogP contribution in [0.15, 0.2) is 53.6 Å². The second-order valence-corrected chi connectivity index (χ2v) is 7.70. The van der Waals surface area contributed by atoms with Crippen molar-refractivity contribution in [2.24, 2.45) is 5.10 Å². The summed E-state index contributed by atoms with van der Waals surface area (Å²) in [4.78, 5) is 16.0. The maximum atomic E-state index is 13.1. The molecule has 2 aliphatic rings. The maximum absolute atomic E-state index is 13.1. The Hall–Kier alpha value is -2.73. The minimum Gasteiger partial charge on any atom is -0.369 e. The van der Waals surface area contributed by atoms with Gasteiger partial charge in [-0.05, 0) is 54.8 Å². The first-order valence-electron chi connectivity index (χ1n) is 10.3. The predicted octanol–water partition coefficient (Wildman–Crippen LogP) is 3.19. The predicted molar refractivity (Wildman–Crippen MR) is 114 cm³/mol. The van der Waals surface area contributed by atoms with E-state index in [2.05, 4.69) is 44.6 Å². The molecule has 2 aromatic carbocycles. The molecule has 1 N–H and O–H groups in total. The topological polar surface area (TPSA) is 47.9 Å². The van der Waals surface area contributed by atoms with Crippen LogP contribution in [0.5, 0.6) is 0 Å². The van der Waals surface area contributed by atoms with Crippen LogP contribution < -0.4 is 10.3 Å². The van der Waals surface area contributed by atoms with Crippen molar-refractivity contribution in [1.82, 2.24) is 10.3 Å². The van der Waals surface area contributed by atoms with Crippen molar-refractivity contribution in [2.75, 3.05) is 37.6 Å². The Morgan fingerprint density at radius 2 is 1.66 bits per heavy atom. The van der Waals surface area contributed by atoms with E-state index in [-0.39, 0.29) is 11.7 Å². The Labute approximate surface area is 171 Å². The number of aryl methyl sites for hydroxylation is 1. The lowest BCUT2D eigenvalue weighted by Crippen LogP contribution is -2.46. The lowest BCUT2D eigenvalue weighted by molar-refractivity contribution is -0.121. The van der Waals surface area contributed by atoms with Gasteiger partial charge >= 0.3 is 0 Å². The summed E-state index contributed by atoms with van der Waals surface area (Å²) >= 11 is 0. The maximum Gasteiger partial charge on any atom is 0.240 e. The minimum atomic E-state index is -0.182. The molecule has 0 aliphatic carbocycles. The van der Waals surface area contributed by atoms with Crippen LogP contribution in [0.1, 0.15) is 30.4 Å². The molecule has 0 spiro atoms. The number of amides is 1. The summed E-state index contributed by atoms with van der Waals surface area (Å²) in [5.41, 5.74) is 7.04. The number of nitrogens with zero attached hydrogens (tertiary/aromatic N) is 3. The highest BCUT2D eigenvalue weighted by atomic mass is 19.1. The lowest BCUT2D eigenvalue weighted by atomic mass is 10.0. The SMILES string of the molecule is O=C1CCC(c2ccc(CCCN3CCN(c4ccc(F)cc4)CC3)cc2)=NN1. The first kappa shape index (κ1) is 19.6. The third-order valence-corrected chi connectivity index (χ3v) is 5.70. The summed E-state index contributed by atoms with van der Waals surface area (Å²) in [5, 5.41) is 4.15. The quantitative estimate of drug-likeness (QED) is 0.819. The molecule has 6 heteroatoms. The Kier molecular flexibility index (Phi) is 6.20. The Morgan fingerprint density at radius 1 is 0.931 bits per heavy atom. The first-order valence-corrected chi connectivity index (χ1v) is 10.3. The molecule has 0 radical (unpaired) electrons. The fourth-order valence-corrected chi connectivity index (χ4v) is 3.93. The van der Waals surface area contributed by atoms with Crippen molar-refractivity contribution < 1.29 is 9.18 Å². The van der Waals surface area contributed by atoms with E-state index in [0.717, 1.165) is 62.5 Å². The van der Waals surface area contributed by atoms with E-state index >= 15 is 0 Å². The van der Waals surface area contributed by atoms with E-state index in [1.807, 2.05) is 12.1 Å². The van der Waals surface area contributed by atoms with Gasteiger partial charge in [-0.25, -0.2) is 9.82 Å². The highest BCUT2D eigenvalue weighted by molar-refractivity contribution is 6.04. The smallest absolute Gasteiger partial charge is 0.240 e. The molecule has 0 unspecified atom stereocenters. The third kappa shape index (κ3) is 5.21. The van der Waals surface area contributed by atoms with E-state index in [1.165, 1.54) is 17.7 Å². The summed E-state index contributed by atoms with van der Waals surface area (Å²) < 4.78 is 13.1. The molecule has 5 nitrogen and oxygen atoms in total. The van der Waals surface area contributed by atoms with Gasteiger partial charge in [0.25, 0.3) is 0 Å². The van der Waals surface area contributed by atoms with Crippen molar-refractivity contribution in [2.45, 2.75) is 25.7 Å². The van der Waals surface area contributed by atoms with Gasteiger partial charge in [0.05, 0.1) is 5.71 Å². The number of anilines is 1. The van der Waals surface area contributed by atoms with E-state index in [0.29, 0.717) is 12.8 Å². The van der Waals surface area contributed by atoms with Gasteiger partial charge in [0, 0.05) is 44.7 Å². The number of hydrogen-bond acceptors (Lipinski definition) is 4. The first-order chi connectivity index (χ1) is 14.2. The summed E-state index contributed by atoms with van der Waals surface area (Å²) in [6.07, 6.45) is 3.40. The average molecular weight is 394 g/mol. The summed E-state index contributed by atoms with van der Waals surface area (Å²) in [5.74, 6) is -0.192. The van der Waals surface area contributed by atoms with Crippen LogP contribution in [0, 0.1) is 5.82 Å². The van der Waals surface area contributed by atoms with Crippen LogP contribution in [-0.4, -0.2) is 49.2 Å². The number of benzene rings is 2. The number of nitrogens with one attached hydrogen (secondary N) is 1. The zero-order valence-electron chi connectivity index (χ0n) is 16.6. The van der Waals surface area contributed by atoms with E-state index in [4.69, 9.17) is 0 Å². The minimum absolute atomic E-state index is 0.0103. The second kappa shape index (κ2) is 9.18. The van der Waals surface area contributed by atoms with Gasteiger partial charge in [-0.1, -0.05) is 24.3 Å². The van der Waals surface area contributed by atoms with E-state index in [1.54, 1.807) is 0 Å². The molecule has 4 rings (SSSR count). The number of hydrogen-bond donors (Lipinski definition) is 1. The van der Waals surface area contributed by atoms with Gasteiger partial charge in [-0.3, -0.25) is 9.69 Å². The molecule has 0 atom stereocenters. The number of hydrazone groups is 1. The number of rotatable bonds is 6. The number of carbonyl (C=O) groups excluding carboxylic acids is 1. The van der Waals surface area contributed by atoms with Gasteiger partial charge in [0.1, 0.15) is 5.82 Å². The molecule has 2 aliphatic heterocycles. The molecule has 29 heavy (non-hydrogen) atoms. The van der Waals surface area contributed by atoms with Crippen LogP contribution in [0.3, 0.4) is 0 Å². The lowest BCUT2D eigenvalue weighted by Gasteiger charge is -2.36.